The van der Waals surface area contributed by atoms with Crippen molar-refractivity contribution in [3.8, 4) is 0 Å². The molecule has 0 saturated carbocycles. The Morgan fingerprint density at radius 2 is 2.47 bits per heavy atom. The molecule has 0 aromatic carbocycles. The summed E-state index contributed by atoms with van der Waals surface area (Å²) in [5.41, 5.74) is 2.55. The molecule has 1 N–H and O–H groups in total. The summed E-state index contributed by atoms with van der Waals surface area (Å²) in [4.78, 5) is 28.6. The summed E-state index contributed by atoms with van der Waals surface area (Å²) in [6.07, 6.45) is 0. The maximum Gasteiger partial charge on any atom is 0.242 e. The lowest BCUT2D eigenvalue weighted by Gasteiger charge is -2.32. The molecule has 2 heterocycles. The fourth-order valence-corrected chi connectivity index (χ4v) is 2.03. The van der Waals surface area contributed by atoms with Crippen LogP contribution in [-0.2, 0) is 16.1 Å². The molecule has 6 heteroatoms. The zero-order chi connectivity index (χ0) is 10.8. The van der Waals surface area contributed by atoms with E-state index in [-0.39, 0.29) is 18.4 Å². The number of thiazole rings is 1. The molecule has 1 fully saturated rings. The molecule has 15 heavy (non-hydrogen) atoms. The minimum atomic E-state index is -0.409. The minimum Gasteiger partial charge on any atom is -0.345 e. The Balaban J connectivity index is 2.12. The van der Waals surface area contributed by atoms with Gasteiger partial charge in [-0.05, 0) is 6.92 Å². The van der Waals surface area contributed by atoms with Gasteiger partial charge < -0.3 is 10.2 Å². The molecule has 0 radical (unpaired) electrons. The third-order valence-electron chi connectivity index (χ3n) is 2.40. The van der Waals surface area contributed by atoms with E-state index in [2.05, 4.69) is 10.3 Å². The molecule has 1 aliphatic heterocycles. The van der Waals surface area contributed by atoms with Crippen molar-refractivity contribution >= 4 is 23.2 Å². The monoisotopic (exact) mass is 225 g/mol. The van der Waals surface area contributed by atoms with E-state index < -0.39 is 6.04 Å². The van der Waals surface area contributed by atoms with Crippen molar-refractivity contribution in [2.75, 3.05) is 6.54 Å². The van der Waals surface area contributed by atoms with Crippen LogP contribution in [0.25, 0.3) is 0 Å². The molecule has 1 aliphatic rings. The van der Waals surface area contributed by atoms with Gasteiger partial charge in [0.2, 0.25) is 11.8 Å². The average Bonchev–Trinajstić information content (AvgIpc) is 2.71. The van der Waals surface area contributed by atoms with Gasteiger partial charge in [-0.3, -0.25) is 9.59 Å². The molecule has 2 rings (SSSR count). The summed E-state index contributed by atoms with van der Waals surface area (Å²) < 4.78 is 0. The molecule has 1 saturated heterocycles. The van der Waals surface area contributed by atoms with E-state index in [1.165, 1.54) is 11.3 Å². The zero-order valence-corrected chi connectivity index (χ0v) is 9.08. The molecular weight excluding hydrogens is 214 g/mol. The predicted molar refractivity (Wildman–Crippen MR) is 55.1 cm³/mol. The molecule has 1 aromatic rings. The zero-order valence-electron chi connectivity index (χ0n) is 8.27. The van der Waals surface area contributed by atoms with Crippen LogP contribution in [-0.4, -0.2) is 34.3 Å². The number of aromatic nitrogens is 1. The van der Waals surface area contributed by atoms with Gasteiger partial charge in [0.05, 0.1) is 24.3 Å². The first-order chi connectivity index (χ1) is 7.18. The maximum atomic E-state index is 11.6. The van der Waals surface area contributed by atoms with Crippen molar-refractivity contribution < 1.29 is 9.59 Å². The highest BCUT2D eigenvalue weighted by Gasteiger charge is 2.30. The van der Waals surface area contributed by atoms with Crippen LogP contribution < -0.4 is 5.32 Å². The van der Waals surface area contributed by atoms with Gasteiger partial charge in [0, 0.05) is 5.38 Å². The van der Waals surface area contributed by atoms with Gasteiger partial charge in [0.1, 0.15) is 6.04 Å². The Morgan fingerprint density at radius 1 is 1.67 bits per heavy atom. The normalized spacial score (nSPS) is 21.7. The smallest absolute Gasteiger partial charge is 0.242 e. The van der Waals surface area contributed by atoms with Gasteiger partial charge in [-0.1, -0.05) is 0 Å². The number of carbonyl (C=O) groups is 2. The lowest BCUT2D eigenvalue weighted by Crippen LogP contribution is -2.56. The number of amides is 2. The van der Waals surface area contributed by atoms with E-state index in [1.807, 2.05) is 5.38 Å². The van der Waals surface area contributed by atoms with Crippen molar-refractivity contribution in [3.63, 3.8) is 0 Å². The van der Waals surface area contributed by atoms with E-state index in [0.717, 1.165) is 5.69 Å². The summed E-state index contributed by atoms with van der Waals surface area (Å²) in [7, 11) is 0. The third kappa shape index (κ3) is 1.99. The first kappa shape index (κ1) is 10.1. The van der Waals surface area contributed by atoms with E-state index in [0.29, 0.717) is 6.54 Å². The molecule has 1 atom stereocenters. The number of nitrogens with one attached hydrogen (secondary N) is 1. The number of carbonyl (C=O) groups excluding carboxylic acids is 2. The highest BCUT2D eigenvalue weighted by molar-refractivity contribution is 7.07. The summed E-state index contributed by atoms with van der Waals surface area (Å²) in [6, 6.07) is -0.409. The quantitative estimate of drug-likeness (QED) is 0.770. The van der Waals surface area contributed by atoms with E-state index in [4.69, 9.17) is 0 Å². The van der Waals surface area contributed by atoms with Gasteiger partial charge in [-0.25, -0.2) is 4.98 Å². The van der Waals surface area contributed by atoms with Gasteiger partial charge in [0.25, 0.3) is 0 Å². The lowest BCUT2D eigenvalue weighted by atomic mass is 10.2. The van der Waals surface area contributed by atoms with Crippen LogP contribution in [0.5, 0.6) is 0 Å². The van der Waals surface area contributed by atoms with Gasteiger partial charge >= 0.3 is 0 Å². The highest BCUT2D eigenvalue weighted by atomic mass is 32.1. The number of piperazine rings is 1. The van der Waals surface area contributed by atoms with Crippen molar-refractivity contribution in [2.24, 2.45) is 0 Å². The first-order valence-electron chi connectivity index (χ1n) is 4.62. The molecular formula is C9H11N3O2S. The average molecular weight is 225 g/mol. The number of hydrogen-bond donors (Lipinski definition) is 1. The van der Waals surface area contributed by atoms with Gasteiger partial charge in [-0.15, -0.1) is 11.3 Å². The van der Waals surface area contributed by atoms with E-state index >= 15 is 0 Å². The minimum absolute atomic E-state index is 0.0601. The van der Waals surface area contributed by atoms with Crippen LogP contribution >= 0.6 is 11.3 Å². The number of hydrogen-bond acceptors (Lipinski definition) is 4. The molecule has 1 unspecified atom stereocenters. The summed E-state index contributed by atoms with van der Waals surface area (Å²) in [5.74, 6) is -0.167. The third-order valence-corrected chi connectivity index (χ3v) is 3.03. The molecule has 1 aromatic heterocycles. The van der Waals surface area contributed by atoms with Crippen LogP contribution in [0.15, 0.2) is 10.9 Å². The maximum absolute atomic E-state index is 11.6. The largest absolute Gasteiger partial charge is 0.345 e. The summed E-state index contributed by atoms with van der Waals surface area (Å²) in [6.45, 7) is 2.23. The van der Waals surface area contributed by atoms with Gasteiger partial charge in [-0.2, -0.15) is 0 Å². The summed E-state index contributed by atoms with van der Waals surface area (Å²) in [5, 5.41) is 4.42. The predicted octanol–water partition coefficient (Wildman–Crippen LogP) is -0.0100. The summed E-state index contributed by atoms with van der Waals surface area (Å²) >= 11 is 1.48. The molecule has 0 bridgehead atoms. The van der Waals surface area contributed by atoms with Crippen LogP contribution in [0, 0.1) is 0 Å². The fraction of sp³-hybridized carbons (Fsp3) is 0.444. The fourth-order valence-electron chi connectivity index (χ4n) is 1.48. The van der Waals surface area contributed by atoms with Crippen molar-refractivity contribution in [1.29, 1.82) is 0 Å². The van der Waals surface area contributed by atoms with Crippen molar-refractivity contribution in [2.45, 2.75) is 19.5 Å². The molecule has 2 amide bonds. The number of nitrogens with zero attached hydrogens (tertiary/aromatic N) is 2. The topological polar surface area (TPSA) is 62.3 Å². The Kier molecular flexibility index (Phi) is 2.68. The van der Waals surface area contributed by atoms with Gasteiger partial charge in [0.15, 0.2) is 0 Å². The van der Waals surface area contributed by atoms with Crippen LogP contribution in [0.2, 0.25) is 0 Å². The molecule has 5 nitrogen and oxygen atoms in total. The standard InChI is InChI=1S/C9H11N3O2S/c1-6-9(14)10-2-8(13)12(6)3-7-4-15-5-11-7/h4-6H,2-3H2,1H3,(H,10,14). The van der Waals surface area contributed by atoms with Crippen LogP contribution in [0.3, 0.4) is 0 Å². The van der Waals surface area contributed by atoms with Crippen LogP contribution in [0.4, 0.5) is 0 Å². The Morgan fingerprint density at radius 3 is 3.13 bits per heavy atom. The van der Waals surface area contributed by atoms with Crippen molar-refractivity contribution in [3.05, 3.63) is 16.6 Å². The molecule has 80 valence electrons. The second-order valence-electron chi connectivity index (χ2n) is 3.40. The Bertz CT molecular complexity index is 377. The van der Waals surface area contributed by atoms with E-state index in [9.17, 15) is 9.59 Å². The first-order valence-corrected chi connectivity index (χ1v) is 5.57. The van der Waals surface area contributed by atoms with E-state index in [1.54, 1.807) is 17.3 Å². The highest BCUT2D eigenvalue weighted by Crippen LogP contribution is 2.11. The second kappa shape index (κ2) is 3.98. The van der Waals surface area contributed by atoms with Crippen molar-refractivity contribution in [1.82, 2.24) is 15.2 Å². The molecule has 0 spiro atoms. The second-order valence-corrected chi connectivity index (χ2v) is 4.11. The lowest BCUT2D eigenvalue weighted by molar-refractivity contribution is -0.145. The SMILES string of the molecule is CC1C(=O)NCC(=O)N1Cc1cscn1. The Hall–Kier alpha value is -1.43. The number of rotatable bonds is 2. The molecule has 0 aliphatic carbocycles. The van der Waals surface area contributed by atoms with Crippen LogP contribution in [0.1, 0.15) is 12.6 Å². The Labute approximate surface area is 91.1 Å².